The zero-order chi connectivity index (χ0) is 22.9. The van der Waals surface area contributed by atoms with Gasteiger partial charge in [-0.1, -0.05) is 26.2 Å². The van der Waals surface area contributed by atoms with Crippen molar-refractivity contribution in [1.82, 2.24) is 9.62 Å². The number of sulfonamides is 1. The Bertz CT molecular complexity index is 988. The molecule has 2 atom stereocenters. The molecule has 2 fully saturated rings. The molecule has 0 bridgehead atoms. The summed E-state index contributed by atoms with van der Waals surface area (Å²) in [5.41, 5.74) is 1.02. The summed E-state index contributed by atoms with van der Waals surface area (Å²) >= 11 is 0. The second-order valence-electron chi connectivity index (χ2n) is 9.16. The molecule has 1 aliphatic carbocycles. The van der Waals surface area contributed by atoms with Gasteiger partial charge in [-0.25, -0.2) is 8.42 Å². The molecule has 1 saturated heterocycles. The van der Waals surface area contributed by atoms with Crippen LogP contribution in [0.4, 0.5) is 5.69 Å². The van der Waals surface area contributed by atoms with Crippen LogP contribution < -0.4 is 15.4 Å². The first kappa shape index (κ1) is 23.0. The number of nitrogens with one attached hydrogen (secondary N) is 2. The minimum absolute atomic E-state index is 0.0317. The lowest BCUT2D eigenvalue weighted by molar-refractivity contribution is -0.127. The Hall–Kier alpha value is -2.13. The van der Waals surface area contributed by atoms with Crippen molar-refractivity contribution in [3.05, 3.63) is 17.7 Å². The summed E-state index contributed by atoms with van der Waals surface area (Å²) in [5, 5.41) is 5.94. The minimum atomic E-state index is -3.80. The molecule has 1 aromatic rings. The Morgan fingerprint density at radius 2 is 1.94 bits per heavy atom. The van der Waals surface area contributed by atoms with Crippen LogP contribution in [0.5, 0.6) is 5.75 Å². The molecule has 4 rings (SSSR count). The van der Waals surface area contributed by atoms with Gasteiger partial charge in [-0.2, -0.15) is 4.31 Å². The number of fused-ring (bicyclic) bond motifs is 1. The topological polar surface area (TPSA) is 105 Å². The molecule has 2 aliphatic heterocycles. The number of benzene rings is 1. The third-order valence-corrected chi connectivity index (χ3v) is 8.80. The average molecular weight is 464 g/mol. The predicted octanol–water partition coefficient (Wildman–Crippen LogP) is 2.95. The Morgan fingerprint density at radius 1 is 1.19 bits per heavy atom. The maximum Gasteiger partial charge on any atom is 0.265 e. The number of hydrogen-bond donors (Lipinski definition) is 2. The molecule has 2 N–H and O–H groups in total. The maximum atomic E-state index is 13.5. The molecule has 9 heteroatoms. The van der Waals surface area contributed by atoms with Crippen LogP contribution in [0.25, 0.3) is 0 Å². The number of carbonyl (C=O) groups excluding carboxylic acids is 2. The summed E-state index contributed by atoms with van der Waals surface area (Å²) in [7, 11) is -3.80. The van der Waals surface area contributed by atoms with E-state index >= 15 is 0 Å². The zero-order valence-corrected chi connectivity index (χ0v) is 19.7. The Labute approximate surface area is 190 Å². The van der Waals surface area contributed by atoms with Crippen molar-refractivity contribution in [3.63, 3.8) is 0 Å². The number of nitrogens with zero attached hydrogens (tertiary/aromatic N) is 1. The van der Waals surface area contributed by atoms with E-state index in [1.807, 2.05) is 6.92 Å². The van der Waals surface area contributed by atoms with E-state index in [0.29, 0.717) is 42.8 Å². The molecular formula is C23H33N3O5S. The van der Waals surface area contributed by atoms with Gasteiger partial charge in [0, 0.05) is 25.2 Å². The van der Waals surface area contributed by atoms with Gasteiger partial charge in [0.05, 0.1) is 16.5 Å². The van der Waals surface area contributed by atoms with Gasteiger partial charge >= 0.3 is 0 Å². The molecule has 2 heterocycles. The van der Waals surface area contributed by atoms with E-state index in [-0.39, 0.29) is 35.2 Å². The Kier molecular flexibility index (Phi) is 6.76. The van der Waals surface area contributed by atoms with E-state index in [2.05, 4.69) is 10.6 Å². The lowest BCUT2D eigenvalue weighted by atomic mass is 9.93. The van der Waals surface area contributed by atoms with Crippen LogP contribution in [0.1, 0.15) is 63.9 Å². The van der Waals surface area contributed by atoms with Gasteiger partial charge in [0.25, 0.3) is 5.91 Å². The van der Waals surface area contributed by atoms with Crippen molar-refractivity contribution in [3.8, 4) is 5.75 Å². The third kappa shape index (κ3) is 4.64. The second-order valence-corrected chi connectivity index (χ2v) is 11.1. The van der Waals surface area contributed by atoms with Crippen LogP contribution in [0.3, 0.4) is 0 Å². The van der Waals surface area contributed by atoms with Crippen molar-refractivity contribution in [2.45, 2.75) is 82.3 Å². The number of ether oxygens (including phenoxy) is 1. The summed E-state index contributed by atoms with van der Waals surface area (Å²) in [6.45, 7) is 4.13. The van der Waals surface area contributed by atoms with E-state index in [0.717, 1.165) is 25.7 Å². The number of rotatable bonds is 5. The van der Waals surface area contributed by atoms with Crippen LogP contribution in [-0.4, -0.2) is 49.8 Å². The fourth-order valence-electron chi connectivity index (χ4n) is 4.91. The first-order valence-electron chi connectivity index (χ1n) is 11.7. The highest BCUT2D eigenvalue weighted by molar-refractivity contribution is 7.89. The maximum absolute atomic E-state index is 13.5. The number of amides is 2. The normalized spacial score (nSPS) is 24.9. The number of anilines is 1. The fourth-order valence-corrected chi connectivity index (χ4v) is 6.66. The SMILES string of the molecule is CC[C@H]1Oc2cc(S(=O)(=O)N3CCC[C@H](C(=O)NC4CCCCC4)C3)c(C)cc2NC1=O. The smallest absolute Gasteiger partial charge is 0.265 e. The summed E-state index contributed by atoms with van der Waals surface area (Å²) < 4.78 is 34.2. The van der Waals surface area contributed by atoms with Gasteiger partial charge < -0.3 is 15.4 Å². The summed E-state index contributed by atoms with van der Waals surface area (Å²) in [6.07, 6.45) is 6.69. The van der Waals surface area contributed by atoms with Crippen LogP contribution in [-0.2, 0) is 19.6 Å². The van der Waals surface area contributed by atoms with Crippen LogP contribution >= 0.6 is 0 Å². The molecule has 3 aliphatic rings. The molecule has 0 unspecified atom stereocenters. The van der Waals surface area contributed by atoms with Crippen LogP contribution in [0, 0.1) is 12.8 Å². The lowest BCUT2D eigenvalue weighted by Crippen LogP contribution is -2.48. The van der Waals surface area contributed by atoms with Gasteiger partial charge in [0.2, 0.25) is 15.9 Å². The highest BCUT2D eigenvalue weighted by Crippen LogP contribution is 2.36. The highest BCUT2D eigenvalue weighted by Gasteiger charge is 2.36. The number of carbonyl (C=O) groups is 2. The number of aryl methyl sites for hydroxylation is 1. The van der Waals surface area contributed by atoms with Crippen molar-refractivity contribution in [1.29, 1.82) is 0 Å². The van der Waals surface area contributed by atoms with E-state index in [1.54, 1.807) is 13.0 Å². The van der Waals surface area contributed by atoms with E-state index in [1.165, 1.54) is 16.8 Å². The molecule has 0 spiro atoms. The molecule has 0 aromatic heterocycles. The van der Waals surface area contributed by atoms with Gasteiger partial charge in [-0.3, -0.25) is 9.59 Å². The van der Waals surface area contributed by atoms with E-state index in [9.17, 15) is 18.0 Å². The van der Waals surface area contributed by atoms with Crippen molar-refractivity contribution in [2.24, 2.45) is 5.92 Å². The second kappa shape index (κ2) is 9.39. The summed E-state index contributed by atoms with van der Waals surface area (Å²) in [6, 6.07) is 3.36. The quantitative estimate of drug-likeness (QED) is 0.699. The molecule has 0 radical (unpaired) electrons. The Balaban J connectivity index is 1.51. The first-order valence-corrected chi connectivity index (χ1v) is 13.2. The largest absolute Gasteiger partial charge is 0.478 e. The van der Waals surface area contributed by atoms with Gasteiger partial charge in [0.1, 0.15) is 5.75 Å². The van der Waals surface area contributed by atoms with Crippen LogP contribution in [0.2, 0.25) is 0 Å². The molecule has 1 saturated carbocycles. The first-order chi connectivity index (χ1) is 15.3. The molecular weight excluding hydrogens is 430 g/mol. The van der Waals surface area contributed by atoms with E-state index < -0.39 is 16.1 Å². The predicted molar refractivity (Wildman–Crippen MR) is 121 cm³/mol. The lowest BCUT2D eigenvalue weighted by Gasteiger charge is -2.33. The van der Waals surface area contributed by atoms with Crippen molar-refractivity contribution in [2.75, 3.05) is 18.4 Å². The highest BCUT2D eigenvalue weighted by atomic mass is 32.2. The molecule has 1 aromatic carbocycles. The number of piperidine rings is 1. The van der Waals surface area contributed by atoms with Gasteiger partial charge in [-0.15, -0.1) is 0 Å². The standard InChI is InChI=1S/C23H33N3O5S/c1-3-19-23(28)25-18-12-15(2)21(13-20(18)31-19)32(29,30)26-11-7-8-16(14-26)22(27)24-17-9-5-4-6-10-17/h12-13,16-17,19H,3-11,14H2,1-2H3,(H,24,27)(H,25,28)/t16-,19+/m0/s1. The third-order valence-electron chi connectivity index (χ3n) is 6.79. The summed E-state index contributed by atoms with van der Waals surface area (Å²) in [5.74, 6) is -0.226. The van der Waals surface area contributed by atoms with Gasteiger partial charge in [-0.05, 0) is 50.7 Å². The molecule has 32 heavy (non-hydrogen) atoms. The molecule has 176 valence electrons. The minimum Gasteiger partial charge on any atom is -0.478 e. The Morgan fingerprint density at radius 3 is 2.66 bits per heavy atom. The van der Waals surface area contributed by atoms with Gasteiger partial charge in [0.15, 0.2) is 6.10 Å². The van der Waals surface area contributed by atoms with Crippen LogP contribution in [0.15, 0.2) is 17.0 Å². The summed E-state index contributed by atoms with van der Waals surface area (Å²) in [4.78, 5) is 25.1. The van der Waals surface area contributed by atoms with E-state index in [4.69, 9.17) is 4.74 Å². The molecule has 2 amide bonds. The number of hydrogen-bond acceptors (Lipinski definition) is 5. The average Bonchev–Trinajstić information content (AvgIpc) is 2.79. The monoisotopic (exact) mass is 463 g/mol. The molecule has 8 nitrogen and oxygen atoms in total. The van der Waals surface area contributed by atoms with Crippen molar-refractivity contribution < 1.29 is 22.7 Å². The fraction of sp³-hybridized carbons (Fsp3) is 0.652. The van der Waals surface area contributed by atoms with Crippen molar-refractivity contribution >= 4 is 27.5 Å². The zero-order valence-electron chi connectivity index (χ0n) is 18.9.